The third-order valence-electron chi connectivity index (χ3n) is 4.38. The Labute approximate surface area is 135 Å². The molecule has 1 aromatic heterocycles. The Hall–Kier alpha value is -2.33. The van der Waals surface area contributed by atoms with Gasteiger partial charge in [0.1, 0.15) is 6.10 Å². The number of aliphatic hydroxyl groups is 1. The zero-order valence-corrected chi connectivity index (χ0v) is 13.8. The number of imidazole rings is 1. The van der Waals surface area contributed by atoms with Gasteiger partial charge in [0.05, 0.1) is 11.0 Å². The van der Waals surface area contributed by atoms with Gasteiger partial charge in [-0.1, -0.05) is 35.9 Å². The van der Waals surface area contributed by atoms with Gasteiger partial charge in [-0.25, -0.2) is 4.79 Å². The molecule has 0 saturated carbocycles. The Bertz CT molecular complexity index is 888. The summed E-state index contributed by atoms with van der Waals surface area (Å²) in [5.74, 6) is 0. The van der Waals surface area contributed by atoms with Gasteiger partial charge in [-0.15, -0.1) is 0 Å². The zero-order chi connectivity index (χ0) is 16.6. The molecule has 0 bridgehead atoms. The van der Waals surface area contributed by atoms with E-state index in [0.29, 0.717) is 13.1 Å². The van der Waals surface area contributed by atoms with Crippen molar-refractivity contribution in [1.29, 1.82) is 0 Å². The number of fused-ring (bicyclic) bond motifs is 1. The molecule has 0 spiro atoms. The normalized spacial score (nSPS) is 12.7. The van der Waals surface area contributed by atoms with Crippen LogP contribution in [-0.4, -0.2) is 14.2 Å². The Morgan fingerprint density at radius 3 is 2.09 bits per heavy atom. The smallest absolute Gasteiger partial charge is 0.329 e. The van der Waals surface area contributed by atoms with Gasteiger partial charge in [-0.3, -0.25) is 9.13 Å². The van der Waals surface area contributed by atoms with Crippen molar-refractivity contribution in [2.75, 3.05) is 0 Å². The Morgan fingerprint density at radius 1 is 0.913 bits per heavy atom. The summed E-state index contributed by atoms with van der Waals surface area (Å²) in [6.07, 6.45) is -0.689. The van der Waals surface area contributed by atoms with Crippen molar-refractivity contribution in [3.05, 3.63) is 69.6 Å². The first-order valence-electron chi connectivity index (χ1n) is 8.04. The molecule has 1 N–H and O–H groups in total. The third-order valence-corrected chi connectivity index (χ3v) is 4.38. The highest BCUT2D eigenvalue weighted by Crippen LogP contribution is 2.25. The molecule has 4 nitrogen and oxygen atoms in total. The predicted molar refractivity (Wildman–Crippen MR) is 92.8 cm³/mol. The summed E-state index contributed by atoms with van der Waals surface area (Å²) >= 11 is 0. The van der Waals surface area contributed by atoms with Gasteiger partial charge in [0.15, 0.2) is 0 Å². The number of hydrogen-bond donors (Lipinski definition) is 1. The molecule has 1 heterocycles. The van der Waals surface area contributed by atoms with E-state index in [1.165, 1.54) is 0 Å². The molecule has 0 aliphatic carbocycles. The van der Waals surface area contributed by atoms with Crippen molar-refractivity contribution in [2.45, 2.75) is 40.0 Å². The Kier molecular flexibility index (Phi) is 4.09. The van der Waals surface area contributed by atoms with Crippen LogP contribution in [0.4, 0.5) is 0 Å². The molecule has 0 aliphatic heterocycles. The van der Waals surface area contributed by atoms with Crippen LogP contribution < -0.4 is 5.69 Å². The Morgan fingerprint density at radius 2 is 1.48 bits per heavy atom. The lowest BCUT2D eigenvalue weighted by molar-refractivity contribution is 0.220. The molecule has 4 heteroatoms. The van der Waals surface area contributed by atoms with Gasteiger partial charge < -0.3 is 5.11 Å². The van der Waals surface area contributed by atoms with Gasteiger partial charge in [0.2, 0.25) is 0 Å². The van der Waals surface area contributed by atoms with Crippen molar-refractivity contribution < 1.29 is 5.11 Å². The first kappa shape index (κ1) is 15.6. The minimum Gasteiger partial charge on any atom is -0.384 e. The lowest BCUT2D eigenvalue weighted by atomic mass is 10.00. The largest absolute Gasteiger partial charge is 0.384 e. The SMILES string of the molecule is CCn1c(=O)n(CC)c2cc(C(O)c3ccc(C)cc3)ccc21. The molecule has 0 aliphatic rings. The Balaban J connectivity index is 2.12. The van der Waals surface area contributed by atoms with Crippen molar-refractivity contribution in [3.8, 4) is 0 Å². The first-order chi connectivity index (χ1) is 11.1. The van der Waals surface area contributed by atoms with Crippen LogP contribution in [0.15, 0.2) is 47.3 Å². The van der Waals surface area contributed by atoms with E-state index in [9.17, 15) is 9.90 Å². The van der Waals surface area contributed by atoms with E-state index in [4.69, 9.17) is 0 Å². The van der Waals surface area contributed by atoms with Crippen LogP contribution in [-0.2, 0) is 13.1 Å². The van der Waals surface area contributed by atoms with E-state index < -0.39 is 6.10 Å². The molecule has 0 saturated heterocycles. The summed E-state index contributed by atoms with van der Waals surface area (Å²) in [6.45, 7) is 7.21. The topological polar surface area (TPSA) is 47.2 Å². The molecule has 3 rings (SSSR count). The van der Waals surface area contributed by atoms with Crippen LogP contribution in [0.25, 0.3) is 11.0 Å². The minimum absolute atomic E-state index is 0.00646. The summed E-state index contributed by atoms with van der Waals surface area (Å²) in [4.78, 5) is 12.4. The molecule has 0 amide bonds. The molecule has 0 radical (unpaired) electrons. The molecule has 1 unspecified atom stereocenters. The summed E-state index contributed by atoms with van der Waals surface area (Å²) in [6, 6.07) is 13.6. The lowest BCUT2D eigenvalue weighted by Crippen LogP contribution is -2.23. The fourth-order valence-electron chi connectivity index (χ4n) is 3.06. The second kappa shape index (κ2) is 6.05. The lowest BCUT2D eigenvalue weighted by Gasteiger charge is -2.12. The second-order valence-electron chi connectivity index (χ2n) is 5.83. The molecular formula is C19H22N2O2. The maximum Gasteiger partial charge on any atom is 0.329 e. The van der Waals surface area contributed by atoms with Crippen molar-refractivity contribution in [2.24, 2.45) is 0 Å². The van der Waals surface area contributed by atoms with Crippen molar-refractivity contribution in [3.63, 3.8) is 0 Å². The average molecular weight is 310 g/mol. The standard InChI is InChI=1S/C19H22N2O2/c1-4-20-16-11-10-15(12-17(16)21(5-2)19(20)23)18(22)14-8-6-13(3)7-9-14/h6-12,18,22H,4-5H2,1-3H3. The average Bonchev–Trinajstić information content (AvgIpc) is 2.84. The molecule has 3 aromatic rings. The number of aryl methyl sites for hydroxylation is 3. The number of nitrogens with zero attached hydrogens (tertiary/aromatic N) is 2. The van der Waals surface area contributed by atoms with Crippen LogP contribution in [0, 0.1) is 6.92 Å². The highest BCUT2D eigenvalue weighted by molar-refractivity contribution is 5.77. The minimum atomic E-state index is -0.689. The fourth-order valence-corrected chi connectivity index (χ4v) is 3.06. The van der Waals surface area contributed by atoms with Gasteiger partial charge >= 0.3 is 5.69 Å². The maximum absolute atomic E-state index is 12.4. The fraction of sp³-hybridized carbons (Fsp3) is 0.316. The number of hydrogen-bond acceptors (Lipinski definition) is 2. The monoisotopic (exact) mass is 310 g/mol. The number of benzene rings is 2. The zero-order valence-electron chi connectivity index (χ0n) is 13.8. The first-order valence-corrected chi connectivity index (χ1v) is 8.04. The molecule has 2 aromatic carbocycles. The van der Waals surface area contributed by atoms with Crippen LogP contribution in [0.5, 0.6) is 0 Å². The van der Waals surface area contributed by atoms with E-state index in [1.807, 2.05) is 63.2 Å². The summed E-state index contributed by atoms with van der Waals surface area (Å²) in [5, 5.41) is 10.6. The third kappa shape index (κ3) is 2.59. The maximum atomic E-state index is 12.4. The van der Waals surface area contributed by atoms with Crippen molar-refractivity contribution >= 4 is 11.0 Å². The predicted octanol–water partition coefficient (Wildman–Crippen LogP) is 3.23. The van der Waals surface area contributed by atoms with E-state index in [-0.39, 0.29) is 5.69 Å². The summed E-state index contributed by atoms with van der Waals surface area (Å²) in [5.41, 5.74) is 4.62. The van der Waals surface area contributed by atoms with Crippen LogP contribution in [0.1, 0.15) is 36.6 Å². The van der Waals surface area contributed by atoms with Crippen LogP contribution in [0.3, 0.4) is 0 Å². The number of aromatic nitrogens is 2. The van der Waals surface area contributed by atoms with Crippen LogP contribution >= 0.6 is 0 Å². The van der Waals surface area contributed by atoms with E-state index in [2.05, 4.69) is 0 Å². The summed E-state index contributed by atoms with van der Waals surface area (Å²) < 4.78 is 3.52. The number of aliphatic hydroxyl groups excluding tert-OH is 1. The van der Waals surface area contributed by atoms with E-state index in [0.717, 1.165) is 27.7 Å². The molecular weight excluding hydrogens is 288 g/mol. The highest BCUT2D eigenvalue weighted by atomic mass is 16.3. The number of rotatable bonds is 4. The molecule has 0 fully saturated rings. The van der Waals surface area contributed by atoms with E-state index in [1.54, 1.807) is 9.13 Å². The van der Waals surface area contributed by atoms with Gasteiger partial charge in [-0.05, 0) is 44.0 Å². The van der Waals surface area contributed by atoms with E-state index >= 15 is 0 Å². The quantitative estimate of drug-likeness (QED) is 0.804. The highest BCUT2D eigenvalue weighted by Gasteiger charge is 2.15. The van der Waals surface area contributed by atoms with Gasteiger partial charge in [0, 0.05) is 13.1 Å². The molecule has 1 atom stereocenters. The van der Waals surface area contributed by atoms with Gasteiger partial charge in [0.25, 0.3) is 0 Å². The summed E-state index contributed by atoms with van der Waals surface area (Å²) in [7, 11) is 0. The molecule has 23 heavy (non-hydrogen) atoms. The van der Waals surface area contributed by atoms with Gasteiger partial charge in [-0.2, -0.15) is 0 Å². The van der Waals surface area contributed by atoms with Crippen molar-refractivity contribution in [1.82, 2.24) is 9.13 Å². The van der Waals surface area contributed by atoms with Crippen LogP contribution in [0.2, 0.25) is 0 Å². The molecule has 120 valence electrons. The second-order valence-corrected chi connectivity index (χ2v) is 5.83.